The standard InChI is InChI=1S/C15H16ClN3O2/c1-10-8-13(18-21-10)14-6-3-7-19(14)15(20)17-12-5-2-4-11(16)9-12/h2,4-5,8-9,14H,3,6-7H2,1H3,(H,17,20)/t14-/m1/s1. The lowest BCUT2D eigenvalue weighted by atomic mass is 10.1. The molecule has 0 bridgehead atoms. The number of nitrogens with zero attached hydrogens (tertiary/aromatic N) is 2. The van der Waals surface area contributed by atoms with Crippen molar-refractivity contribution in [3.8, 4) is 0 Å². The van der Waals surface area contributed by atoms with Crippen LogP contribution in [0.1, 0.15) is 30.3 Å². The van der Waals surface area contributed by atoms with Gasteiger partial charge in [0.15, 0.2) is 0 Å². The Balaban J connectivity index is 1.74. The number of halogens is 1. The summed E-state index contributed by atoms with van der Waals surface area (Å²) in [5.74, 6) is 0.757. The number of amides is 2. The number of aryl methyl sites for hydroxylation is 1. The molecule has 1 aromatic heterocycles. The first-order chi connectivity index (χ1) is 10.1. The highest BCUT2D eigenvalue weighted by Crippen LogP contribution is 2.32. The Labute approximate surface area is 127 Å². The molecule has 110 valence electrons. The fourth-order valence-corrected chi connectivity index (χ4v) is 2.81. The van der Waals surface area contributed by atoms with Gasteiger partial charge in [-0.1, -0.05) is 22.8 Å². The molecule has 0 unspecified atom stereocenters. The quantitative estimate of drug-likeness (QED) is 0.912. The first kappa shape index (κ1) is 13.9. The van der Waals surface area contributed by atoms with Gasteiger partial charge < -0.3 is 14.7 Å². The lowest BCUT2D eigenvalue weighted by molar-refractivity contribution is 0.204. The van der Waals surface area contributed by atoms with Crippen molar-refractivity contribution in [2.45, 2.75) is 25.8 Å². The molecule has 0 spiro atoms. The molecule has 1 fully saturated rings. The van der Waals surface area contributed by atoms with Gasteiger partial charge in [0, 0.05) is 23.3 Å². The third-order valence-corrected chi connectivity index (χ3v) is 3.81. The predicted molar refractivity (Wildman–Crippen MR) is 80.4 cm³/mol. The maximum Gasteiger partial charge on any atom is 0.322 e. The maximum atomic E-state index is 12.4. The van der Waals surface area contributed by atoms with Crippen molar-refractivity contribution in [1.29, 1.82) is 0 Å². The Morgan fingerprint density at radius 3 is 3.05 bits per heavy atom. The normalized spacial score (nSPS) is 18.0. The number of benzene rings is 1. The van der Waals surface area contributed by atoms with E-state index in [1.54, 1.807) is 23.1 Å². The number of likely N-dealkylation sites (tertiary alicyclic amines) is 1. The highest BCUT2D eigenvalue weighted by molar-refractivity contribution is 6.30. The molecular weight excluding hydrogens is 290 g/mol. The van der Waals surface area contributed by atoms with Gasteiger partial charge in [-0.15, -0.1) is 0 Å². The van der Waals surface area contributed by atoms with Crippen LogP contribution in [0.15, 0.2) is 34.9 Å². The van der Waals surface area contributed by atoms with E-state index in [-0.39, 0.29) is 12.1 Å². The molecule has 1 saturated heterocycles. The zero-order valence-corrected chi connectivity index (χ0v) is 12.4. The summed E-state index contributed by atoms with van der Waals surface area (Å²) in [6, 6.07) is 8.84. The molecule has 1 aromatic carbocycles. The summed E-state index contributed by atoms with van der Waals surface area (Å²) < 4.78 is 5.11. The molecule has 21 heavy (non-hydrogen) atoms. The molecule has 1 atom stereocenters. The SMILES string of the molecule is Cc1cc([C@H]2CCCN2C(=O)Nc2cccc(Cl)c2)no1. The Morgan fingerprint density at radius 2 is 2.33 bits per heavy atom. The van der Waals surface area contributed by atoms with Gasteiger partial charge in [0.1, 0.15) is 11.5 Å². The highest BCUT2D eigenvalue weighted by atomic mass is 35.5. The van der Waals surface area contributed by atoms with Gasteiger partial charge in [0.25, 0.3) is 0 Å². The molecule has 1 aliphatic heterocycles. The Kier molecular flexibility index (Phi) is 3.84. The molecule has 2 aromatic rings. The molecule has 0 saturated carbocycles. The molecule has 2 amide bonds. The Hall–Kier alpha value is -2.01. The van der Waals surface area contributed by atoms with Gasteiger partial charge in [-0.25, -0.2) is 4.79 Å². The highest BCUT2D eigenvalue weighted by Gasteiger charge is 2.32. The third kappa shape index (κ3) is 3.03. The van der Waals surface area contributed by atoms with E-state index in [1.165, 1.54) is 0 Å². The molecular formula is C15H16ClN3O2. The van der Waals surface area contributed by atoms with Crippen molar-refractivity contribution in [2.24, 2.45) is 0 Å². The average molecular weight is 306 g/mol. The predicted octanol–water partition coefficient (Wildman–Crippen LogP) is 4.01. The molecule has 3 rings (SSSR count). The molecule has 5 nitrogen and oxygen atoms in total. The number of urea groups is 1. The summed E-state index contributed by atoms with van der Waals surface area (Å²) in [6.07, 6.45) is 1.86. The molecule has 1 aliphatic rings. The Morgan fingerprint density at radius 1 is 1.48 bits per heavy atom. The topological polar surface area (TPSA) is 58.4 Å². The lowest BCUT2D eigenvalue weighted by Gasteiger charge is -2.23. The summed E-state index contributed by atoms with van der Waals surface area (Å²) in [5.41, 5.74) is 1.50. The molecule has 0 aliphatic carbocycles. The van der Waals surface area contributed by atoms with Crippen molar-refractivity contribution >= 4 is 23.3 Å². The van der Waals surface area contributed by atoms with Crippen molar-refractivity contribution in [2.75, 3.05) is 11.9 Å². The van der Waals surface area contributed by atoms with Crippen LogP contribution in [0, 0.1) is 6.92 Å². The van der Waals surface area contributed by atoms with Crippen molar-refractivity contribution < 1.29 is 9.32 Å². The monoisotopic (exact) mass is 305 g/mol. The van der Waals surface area contributed by atoms with Crippen LogP contribution in [0.5, 0.6) is 0 Å². The summed E-state index contributed by atoms with van der Waals surface area (Å²) in [4.78, 5) is 14.2. The van der Waals surface area contributed by atoms with Crippen LogP contribution in [0.25, 0.3) is 0 Å². The number of carbonyl (C=O) groups excluding carboxylic acids is 1. The average Bonchev–Trinajstić information content (AvgIpc) is 3.06. The number of nitrogens with one attached hydrogen (secondary N) is 1. The lowest BCUT2D eigenvalue weighted by Crippen LogP contribution is -2.34. The van der Waals surface area contributed by atoms with Gasteiger partial charge in [0.2, 0.25) is 0 Å². The summed E-state index contributed by atoms with van der Waals surface area (Å²) in [6.45, 7) is 2.56. The number of rotatable bonds is 2. The van der Waals surface area contributed by atoms with Crippen LogP contribution >= 0.6 is 11.6 Å². The molecule has 2 heterocycles. The molecule has 1 N–H and O–H groups in total. The second-order valence-electron chi connectivity index (χ2n) is 5.15. The van der Waals surface area contributed by atoms with Crippen LogP contribution in [0.2, 0.25) is 5.02 Å². The first-order valence-corrected chi connectivity index (χ1v) is 7.28. The van der Waals surface area contributed by atoms with Crippen molar-refractivity contribution in [3.05, 3.63) is 46.8 Å². The second-order valence-corrected chi connectivity index (χ2v) is 5.59. The first-order valence-electron chi connectivity index (χ1n) is 6.90. The van der Waals surface area contributed by atoms with Gasteiger partial charge >= 0.3 is 6.03 Å². The van der Waals surface area contributed by atoms with Crippen LogP contribution in [0.3, 0.4) is 0 Å². The zero-order chi connectivity index (χ0) is 14.8. The van der Waals surface area contributed by atoms with Gasteiger partial charge in [-0.2, -0.15) is 0 Å². The Bertz CT molecular complexity index is 656. The number of anilines is 1. The fraction of sp³-hybridized carbons (Fsp3) is 0.333. The van der Waals surface area contributed by atoms with Crippen LogP contribution in [-0.2, 0) is 0 Å². The summed E-state index contributed by atoms with van der Waals surface area (Å²) >= 11 is 5.93. The zero-order valence-electron chi connectivity index (χ0n) is 11.7. The van der Waals surface area contributed by atoms with E-state index in [0.717, 1.165) is 24.3 Å². The third-order valence-electron chi connectivity index (χ3n) is 3.58. The minimum atomic E-state index is -0.139. The van der Waals surface area contributed by atoms with Gasteiger partial charge in [0.05, 0.1) is 6.04 Å². The van der Waals surface area contributed by atoms with E-state index in [0.29, 0.717) is 17.3 Å². The van der Waals surface area contributed by atoms with Crippen molar-refractivity contribution in [3.63, 3.8) is 0 Å². The molecule has 6 heteroatoms. The van der Waals surface area contributed by atoms with E-state index in [4.69, 9.17) is 16.1 Å². The smallest absolute Gasteiger partial charge is 0.322 e. The largest absolute Gasteiger partial charge is 0.361 e. The number of hydrogen-bond acceptors (Lipinski definition) is 3. The molecule has 0 radical (unpaired) electrons. The fourth-order valence-electron chi connectivity index (χ4n) is 2.62. The van der Waals surface area contributed by atoms with E-state index in [2.05, 4.69) is 10.5 Å². The van der Waals surface area contributed by atoms with E-state index in [1.807, 2.05) is 19.1 Å². The number of aromatic nitrogens is 1. The van der Waals surface area contributed by atoms with E-state index >= 15 is 0 Å². The van der Waals surface area contributed by atoms with Crippen LogP contribution in [0.4, 0.5) is 10.5 Å². The van der Waals surface area contributed by atoms with Gasteiger partial charge in [-0.3, -0.25) is 0 Å². The van der Waals surface area contributed by atoms with Crippen LogP contribution < -0.4 is 5.32 Å². The summed E-state index contributed by atoms with van der Waals surface area (Å²) in [5, 5.41) is 7.50. The van der Waals surface area contributed by atoms with Crippen molar-refractivity contribution in [1.82, 2.24) is 10.1 Å². The minimum Gasteiger partial charge on any atom is -0.361 e. The summed E-state index contributed by atoms with van der Waals surface area (Å²) in [7, 11) is 0. The number of hydrogen-bond donors (Lipinski definition) is 1. The second kappa shape index (κ2) is 5.77. The van der Waals surface area contributed by atoms with Crippen LogP contribution in [-0.4, -0.2) is 22.6 Å². The van der Waals surface area contributed by atoms with E-state index < -0.39 is 0 Å². The van der Waals surface area contributed by atoms with E-state index in [9.17, 15) is 4.79 Å². The van der Waals surface area contributed by atoms with Gasteiger partial charge in [-0.05, 0) is 38.0 Å². The number of carbonyl (C=O) groups is 1. The minimum absolute atomic E-state index is 0.0263. The maximum absolute atomic E-state index is 12.4.